The number of hydrogen-bond donors (Lipinski definition) is 2. The lowest BCUT2D eigenvalue weighted by Gasteiger charge is -2.25. The van der Waals surface area contributed by atoms with Crippen molar-refractivity contribution in [3.05, 3.63) is 50.0 Å². The summed E-state index contributed by atoms with van der Waals surface area (Å²) in [6.07, 6.45) is 3.66. The molecule has 0 spiro atoms. The van der Waals surface area contributed by atoms with Crippen LogP contribution in [0.2, 0.25) is 5.02 Å². The van der Waals surface area contributed by atoms with Crippen molar-refractivity contribution in [2.24, 2.45) is 5.92 Å². The zero-order valence-corrected chi connectivity index (χ0v) is 19.5. The van der Waals surface area contributed by atoms with Gasteiger partial charge in [-0.25, -0.2) is 4.98 Å². The van der Waals surface area contributed by atoms with Crippen molar-refractivity contribution < 1.29 is 14.5 Å². The van der Waals surface area contributed by atoms with E-state index in [0.717, 1.165) is 31.4 Å². The number of aromatic nitrogens is 1. The van der Waals surface area contributed by atoms with E-state index in [1.807, 2.05) is 19.2 Å². The van der Waals surface area contributed by atoms with Gasteiger partial charge in [0.25, 0.3) is 11.6 Å². The summed E-state index contributed by atoms with van der Waals surface area (Å²) in [6, 6.07) is 2.76. The number of amides is 2. The molecule has 2 aromatic rings. The van der Waals surface area contributed by atoms with Crippen molar-refractivity contribution in [2.45, 2.75) is 45.7 Å². The molecular weight excluding hydrogens is 454 g/mol. The van der Waals surface area contributed by atoms with Crippen molar-refractivity contribution in [1.82, 2.24) is 15.2 Å². The third-order valence-corrected chi connectivity index (χ3v) is 6.38. The Morgan fingerprint density at radius 3 is 2.62 bits per heavy atom. The summed E-state index contributed by atoms with van der Waals surface area (Å²) in [7, 11) is 0. The Kier molecular flexibility index (Phi) is 8.16. The van der Waals surface area contributed by atoms with E-state index in [4.69, 9.17) is 11.6 Å². The van der Waals surface area contributed by atoms with Gasteiger partial charge in [0.15, 0.2) is 5.13 Å². The Labute approximate surface area is 195 Å². The molecule has 1 aromatic heterocycles. The van der Waals surface area contributed by atoms with Crippen LogP contribution in [0.4, 0.5) is 10.8 Å². The highest BCUT2D eigenvalue weighted by Gasteiger charge is 2.27. The minimum atomic E-state index is -0.830. The number of benzene rings is 1. The Bertz CT molecular complexity index is 990. The molecule has 9 nitrogen and oxygen atoms in total. The van der Waals surface area contributed by atoms with Gasteiger partial charge in [-0.2, -0.15) is 0 Å². The van der Waals surface area contributed by atoms with Crippen LogP contribution in [-0.4, -0.2) is 45.8 Å². The molecule has 172 valence electrons. The number of halogens is 1. The number of anilines is 1. The number of thiazole rings is 1. The van der Waals surface area contributed by atoms with Crippen LogP contribution in [0.15, 0.2) is 23.6 Å². The van der Waals surface area contributed by atoms with E-state index in [0.29, 0.717) is 5.13 Å². The lowest BCUT2D eigenvalue weighted by Crippen LogP contribution is -2.47. The smallest absolute Gasteiger partial charge is 0.270 e. The highest BCUT2D eigenvalue weighted by Crippen LogP contribution is 2.23. The van der Waals surface area contributed by atoms with Gasteiger partial charge in [-0.05, 0) is 37.9 Å². The van der Waals surface area contributed by atoms with E-state index in [1.165, 1.54) is 42.7 Å². The van der Waals surface area contributed by atoms with Crippen molar-refractivity contribution in [1.29, 1.82) is 0 Å². The molecule has 11 heteroatoms. The molecule has 3 rings (SSSR count). The first-order valence-corrected chi connectivity index (χ1v) is 11.7. The number of nitrogens with one attached hydrogen (secondary N) is 2. The SMILES string of the molecule is CC(C)C(NC(=O)c1ccc([N+](=O)[O-])cc1Cl)C(=O)Nc1nc(CN2CCCCC2)cs1. The quantitative estimate of drug-likeness (QED) is 0.435. The number of nitrogens with zero attached hydrogens (tertiary/aromatic N) is 3. The molecular formula is C21H26ClN5O4S. The van der Waals surface area contributed by atoms with E-state index < -0.39 is 16.9 Å². The van der Waals surface area contributed by atoms with Gasteiger partial charge in [-0.1, -0.05) is 31.9 Å². The molecule has 2 amide bonds. The molecule has 0 bridgehead atoms. The summed E-state index contributed by atoms with van der Waals surface area (Å²) in [6.45, 7) is 6.50. The molecule has 1 aliphatic heterocycles. The zero-order valence-electron chi connectivity index (χ0n) is 18.0. The molecule has 0 aliphatic carbocycles. The molecule has 1 fully saturated rings. The Morgan fingerprint density at radius 2 is 2.00 bits per heavy atom. The summed E-state index contributed by atoms with van der Waals surface area (Å²) in [5, 5.41) is 18.7. The topological polar surface area (TPSA) is 117 Å². The number of piperidine rings is 1. The van der Waals surface area contributed by atoms with Gasteiger partial charge in [0, 0.05) is 24.1 Å². The number of rotatable bonds is 8. The highest BCUT2D eigenvalue weighted by atomic mass is 35.5. The Balaban J connectivity index is 1.63. The van der Waals surface area contributed by atoms with Crippen LogP contribution in [0.25, 0.3) is 0 Å². The largest absolute Gasteiger partial charge is 0.340 e. The van der Waals surface area contributed by atoms with E-state index >= 15 is 0 Å². The standard InChI is InChI=1S/C21H26ClN5O4S/c1-13(2)18(24-19(28)16-7-6-15(27(30)31)10-17(16)22)20(29)25-21-23-14(12-32-21)11-26-8-4-3-5-9-26/h6-7,10,12-13,18H,3-5,8-9,11H2,1-2H3,(H,24,28)(H,23,25,29). The molecule has 2 N–H and O–H groups in total. The van der Waals surface area contributed by atoms with E-state index in [-0.39, 0.29) is 28.1 Å². The summed E-state index contributed by atoms with van der Waals surface area (Å²) < 4.78 is 0. The first-order chi connectivity index (χ1) is 15.2. The maximum atomic E-state index is 12.9. The molecule has 1 aliphatic rings. The normalized spacial score (nSPS) is 15.4. The van der Waals surface area contributed by atoms with Crippen LogP contribution < -0.4 is 10.6 Å². The van der Waals surface area contributed by atoms with Crippen molar-refractivity contribution >= 4 is 45.6 Å². The Hall–Kier alpha value is -2.56. The monoisotopic (exact) mass is 479 g/mol. The third kappa shape index (κ3) is 6.24. The van der Waals surface area contributed by atoms with Gasteiger partial charge in [0.05, 0.1) is 21.2 Å². The van der Waals surface area contributed by atoms with Crippen LogP contribution in [-0.2, 0) is 11.3 Å². The van der Waals surface area contributed by atoms with Gasteiger partial charge >= 0.3 is 0 Å². The van der Waals surface area contributed by atoms with Crippen LogP contribution in [0.1, 0.15) is 49.2 Å². The van der Waals surface area contributed by atoms with Crippen LogP contribution in [0.3, 0.4) is 0 Å². The van der Waals surface area contributed by atoms with Gasteiger partial charge in [-0.3, -0.25) is 24.6 Å². The average molecular weight is 480 g/mol. The predicted octanol–water partition coefficient (Wildman–Crippen LogP) is 4.08. The predicted molar refractivity (Wildman–Crippen MR) is 124 cm³/mol. The van der Waals surface area contributed by atoms with Gasteiger partial charge in [0.1, 0.15) is 6.04 Å². The number of carbonyl (C=O) groups excluding carboxylic acids is 2. The average Bonchev–Trinajstić information content (AvgIpc) is 3.18. The van der Waals surface area contributed by atoms with Gasteiger partial charge < -0.3 is 10.6 Å². The summed E-state index contributed by atoms with van der Waals surface area (Å²) in [5.74, 6) is -1.17. The van der Waals surface area contributed by atoms with Gasteiger partial charge in [-0.15, -0.1) is 11.3 Å². The molecule has 1 atom stereocenters. The number of non-ortho nitro benzene ring substituents is 1. The third-order valence-electron chi connectivity index (χ3n) is 5.26. The van der Waals surface area contributed by atoms with E-state index in [9.17, 15) is 19.7 Å². The van der Waals surface area contributed by atoms with Crippen LogP contribution >= 0.6 is 22.9 Å². The van der Waals surface area contributed by atoms with E-state index in [2.05, 4.69) is 20.5 Å². The maximum absolute atomic E-state index is 12.9. The van der Waals surface area contributed by atoms with Gasteiger partial charge in [0.2, 0.25) is 5.91 Å². The van der Waals surface area contributed by atoms with Crippen molar-refractivity contribution in [2.75, 3.05) is 18.4 Å². The molecule has 32 heavy (non-hydrogen) atoms. The number of nitro benzene ring substituents is 1. The summed E-state index contributed by atoms with van der Waals surface area (Å²) >= 11 is 7.40. The van der Waals surface area contributed by atoms with E-state index in [1.54, 1.807) is 0 Å². The lowest BCUT2D eigenvalue weighted by molar-refractivity contribution is -0.384. The second kappa shape index (κ2) is 10.8. The maximum Gasteiger partial charge on any atom is 0.270 e. The minimum absolute atomic E-state index is 0.0538. The molecule has 2 heterocycles. The fourth-order valence-corrected chi connectivity index (χ4v) is 4.49. The number of carbonyl (C=O) groups is 2. The second-order valence-corrected chi connectivity index (χ2v) is 9.35. The van der Waals surface area contributed by atoms with Crippen LogP contribution in [0.5, 0.6) is 0 Å². The highest BCUT2D eigenvalue weighted by molar-refractivity contribution is 7.13. The number of likely N-dealkylation sites (tertiary alicyclic amines) is 1. The zero-order chi connectivity index (χ0) is 23.3. The fraction of sp³-hybridized carbons (Fsp3) is 0.476. The fourth-order valence-electron chi connectivity index (χ4n) is 3.52. The molecule has 0 saturated carbocycles. The number of nitro groups is 1. The molecule has 1 saturated heterocycles. The molecule has 1 unspecified atom stereocenters. The number of hydrogen-bond acceptors (Lipinski definition) is 7. The summed E-state index contributed by atoms with van der Waals surface area (Å²) in [5.41, 5.74) is 0.762. The second-order valence-electron chi connectivity index (χ2n) is 8.09. The lowest BCUT2D eigenvalue weighted by atomic mass is 10.0. The first kappa shape index (κ1) is 24.1. The van der Waals surface area contributed by atoms with Crippen molar-refractivity contribution in [3.63, 3.8) is 0 Å². The first-order valence-electron chi connectivity index (χ1n) is 10.5. The minimum Gasteiger partial charge on any atom is -0.340 e. The molecule has 0 radical (unpaired) electrons. The van der Waals surface area contributed by atoms with Crippen LogP contribution in [0, 0.1) is 16.0 Å². The molecule has 1 aromatic carbocycles. The Morgan fingerprint density at radius 1 is 1.28 bits per heavy atom. The van der Waals surface area contributed by atoms with Crippen molar-refractivity contribution in [3.8, 4) is 0 Å². The summed E-state index contributed by atoms with van der Waals surface area (Å²) in [4.78, 5) is 42.7.